The van der Waals surface area contributed by atoms with Crippen LogP contribution >= 0.6 is 0 Å². The molecule has 0 heterocycles. The van der Waals surface area contributed by atoms with E-state index in [9.17, 15) is 0 Å². The van der Waals surface area contributed by atoms with Crippen molar-refractivity contribution in [2.24, 2.45) is 11.5 Å². The van der Waals surface area contributed by atoms with Crippen molar-refractivity contribution < 1.29 is 0 Å². The average Bonchev–Trinajstić information content (AvgIpc) is 2.11. The maximum absolute atomic E-state index is 6.21. The Morgan fingerprint density at radius 3 is 2.54 bits per heavy atom. The molecule has 1 atom stereocenters. The number of allylic oxidation sites excluding steroid dienone is 1. The van der Waals surface area contributed by atoms with Gasteiger partial charge < -0.3 is 11.5 Å². The van der Waals surface area contributed by atoms with Gasteiger partial charge in [0, 0.05) is 11.2 Å². The molecule has 0 aromatic rings. The quantitative estimate of drug-likeness (QED) is 0.683. The van der Waals surface area contributed by atoms with Gasteiger partial charge in [-0.3, -0.25) is 0 Å². The Morgan fingerprint density at radius 2 is 2.08 bits per heavy atom. The molecule has 0 amide bonds. The molecule has 13 heavy (non-hydrogen) atoms. The zero-order valence-corrected chi connectivity index (χ0v) is 8.85. The third-order valence-corrected chi connectivity index (χ3v) is 2.94. The van der Waals surface area contributed by atoms with Gasteiger partial charge in [-0.15, -0.1) is 0 Å². The van der Waals surface area contributed by atoms with Crippen LogP contribution in [0.25, 0.3) is 0 Å². The van der Waals surface area contributed by atoms with Crippen molar-refractivity contribution in [2.75, 3.05) is 0 Å². The Hall–Kier alpha value is -0.760. The summed E-state index contributed by atoms with van der Waals surface area (Å²) in [5.74, 6) is 0. The molecule has 74 valence electrons. The van der Waals surface area contributed by atoms with Crippen LogP contribution < -0.4 is 11.5 Å². The van der Waals surface area contributed by atoms with Crippen LogP contribution in [-0.4, -0.2) is 5.54 Å². The minimum Gasteiger partial charge on any atom is -0.399 e. The van der Waals surface area contributed by atoms with Gasteiger partial charge in [-0.05, 0) is 37.3 Å². The summed E-state index contributed by atoms with van der Waals surface area (Å²) in [5.41, 5.74) is 15.4. The molecule has 2 nitrogen and oxygen atoms in total. The third-order valence-electron chi connectivity index (χ3n) is 2.94. The fourth-order valence-electron chi connectivity index (χ4n) is 1.87. The molecular formula is C11H20N2. The van der Waals surface area contributed by atoms with Crippen LogP contribution in [0.5, 0.6) is 0 Å². The highest BCUT2D eigenvalue weighted by Gasteiger charge is 2.26. The summed E-state index contributed by atoms with van der Waals surface area (Å²) in [6.07, 6.45) is 5.02. The smallest absolute Gasteiger partial charge is 0.0381 e. The molecule has 0 spiro atoms. The molecular weight excluding hydrogens is 160 g/mol. The van der Waals surface area contributed by atoms with Crippen molar-refractivity contribution >= 4 is 0 Å². The highest BCUT2D eigenvalue weighted by Crippen LogP contribution is 2.31. The standard InChI is InChI=1S/C11H20N2/c1-4-9-7-11(13,5-2)6-8(3)10(9)12/h6H,4-5,7,12-13H2,1-3H3. The summed E-state index contributed by atoms with van der Waals surface area (Å²) >= 11 is 0. The normalized spacial score (nSPS) is 29.1. The van der Waals surface area contributed by atoms with Gasteiger partial charge in [-0.2, -0.15) is 0 Å². The van der Waals surface area contributed by atoms with Gasteiger partial charge in [-0.1, -0.05) is 19.9 Å². The van der Waals surface area contributed by atoms with E-state index in [0.29, 0.717) is 0 Å². The summed E-state index contributed by atoms with van der Waals surface area (Å²) in [5, 5.41) is 0. The number of nitrogens with two attached hydrogens (primary N) is 2. The maximum atomic E-state index is 6.21. The second kappa shape index (κ2) is 3.54. The minimum absolute atomic E-state index is 0.154. The number of hydrogen-bond acceptors (Lipinski definition) is 2. The number of hydrogen-bond donors (Lipinski definition) is 2. The van der Waals surface area contributed by atoms with Gasteiger partial charge in [0.25, 0.3) is 0 Å². The van der Waals surface area contributed by atoms with E-state index in [4.69, 9.17) is 11.5 Å². The lowest BCUT2D eigenvalue weighted by atomic mass is 9.80. The van der Waals surface area contributed by atoms with E-state index in [0.717, 1.165) is 30.5 Å². The molecule has 0 saturated heterocycles. The zero-order chi connectivity index (χ0) is 10.1. The van der Waals surface area contributed by atoms with Gasteiger partial charge in [0.05, 0.1) is 0 Å². The molecule has 0 bridgehead atoms. The monoisotopic (exact) mass is 180 g/mol. The van der Waals surface area contributed by atoms with E-state index in [1.807, 2.05) is 6.92 Å². The zero-order valence-electron chi connectivity index (χ0n) is 8.85. The highest BCUT2D eigenvalue weighted by molar-refractivity contribution is 5.39. The Kier molecular flexibility index (Phi) is 2.81. The molecule has 1 rings (SSSR count). The molecule has 0 fully saturated rings. The second-order valence-electron chi connectivity index (χ2n) is 3.96. The molecule has 0 aliphatic heterocycles. The molecule has 4 N–H and O–H groups in total. The summed E-state index contributed by atoms with van der Waals surface area (Å²) in [6, 6.07) is 0. The van der Waals surface area contributed by atoms with Crippen molar-refractivity contribution in [3.8, 4) is 0 Å². The molecule has 0 radical (unpaired) electrons. The topological polar surface area (TPSA) is 52.0 Å². The predicted octanol–water partition coefficient (Wildman–Crippen LogP) is 2.07. The lowest BCUT2D eigenvalue weighted by molar-refractivity contribution is 0.487. The van der Waals surface area contributed by atoms with E-state index < -0.39 is 0 Å². The van der Waals surface area contributed by atoms with Crippen LogP contribution in [0.3, 0.4) is 0 Å². The Labute approximate surface area is 80.7 Å². The van der Waals surface area contributed by atoms with E-state index >= 15 is 0 Å². The minimum atomic E-state index is -0.154. The van der Waals surface area contributed by atoms with Crippen molar-refractivity contribution in [2.45, 2.75) is 45.6 Å². The summed E-state index contributed by atoms with van der Waals surface area (Å²) in [7, 11) is 0. The predicted molar refractivity (Wildman–Crippen MR) is 57.1 cm³/mol. The van der Waals surface area contributed by atoms with Crippen LogP contribution in [-0.2, 0) is 0 Å². The Balaban J connectivity index is 3.00. The molecule has 1 unspecified atom stereocenters. The van der Waals surface area contributed by atoms with Crippen LogP contribution in [0.15, 0.2) is 22.9 Å². The van der Waals surface area contributed by atoms with Gasteiger partial charge in [0.15, 0.2) is 0 Å². The van der Waals surface area contributed by atoms with E-state index in [-0.39, 0.29) is 5.54 Å². The summed E-state index contributed by atoms with van der Waals surface area (Å²) < 4.78 is 0. The average molecular weight is 180 g/mol. The largest absolute Gasteiger partial charge is 0.399 e. The van der Waals surface area contributed by atoms with E-state index in [1.165, 1.54) is 5.57 Å². The molecule has 1 aliphatic rings. The van der Waals surface area contributed by atoms with E-state index in [1.54, 1.807) is 0 Å². The molecule has 0 aromatic carbocycles. The van der Waals surface area contributed by atoms with Crippen molar-refractivity contribution in [1.82, 2.24) is 0 Å². The van der Waals surface area contributed by atoms with E-state index in [2.05, 4.69) is 19.9 Å². The fraction of sp³-hybridized carbons (Fsp3) is 0.636. The first-order chi connectivity index (χ1) is 6.02. The molecule has 0 saturated carbocycles. The van der Waals surface area contributed by atoms with Gasteiger partial charge in [0.1, 0.15) is 0 Å². The molecule has 2 heteroatoms. The first kappa shape index (κ1) is 10.3. The number of rotatable bonds is 2. The van der Waals surface area contributed by atoms with Crippen LogP contribution in [0.1, 0.15) is 40.0 Å². The lowest BCUT2D eigenvalue weighted by Gasteiger charge is -2.31. The fourth-order valence-corrected chi connectivity index (χ4v) is 1.87. The van der Waals surface area contributed by atoms with Crippen molar-refractivity contribution in [3.63, 3.8) is 0 Å². The Morgan fingerprint density at radius 1 is 1.46 bits per heavy atom. The van der Waals surface area contributed by atoms with Gasteiger partial charge in [0.2, 0.25) is 0 Å². The van der Waals surface area contributed by atoms with Crippen LogP contribution in [0, 0.1) is 0 Å². The van der Waals surface area contributed by atoms with Crippen molar-refractivity contribution in [1.29, 1.82) is 0 Å². The maximum Gasteiger partial charge on any atom is 0.0381 e. The van der Waals surface area contributed by atoms with Crippen LogP contribution in [0.2, 0.25) is 0 Å². The molecule has 0 aromatic heterocycles. The van der Waals surface area contributed by atoms with Gasteiger partial charge in [-0.25, -0.2) is 0 Å². The second-order valence-corrected chi connectivity index (χ2v) is 3.96. The summed E-state index contributed by atoms with van der Waals surface area (Å²) in [4.78, 5) is 0. The van der Waals surface area contributed by atoms with Crippen LogP contribution in [0.4, 0.5) is 0 Å². The molecule has 1 aliphatic carbocycles. The first-order valence-electron chi connectivity index (χ1n) is 4.98. The lowest BCUT2D eigenvalue weighted by Crippen LogP contribution is -2.40. The van der Waals surface area contributed by atoms with Crippen molar-refractivity contribution in [3.05, 3.63) is 22.9 Å². The SMILES string of the molecule is CCC1=C(N)C(C)=CC(N)(CC)C1. The van der Waals surface area contributed by atoms with Gasteiger partial charge >= 0.3 is 0 Å². The third kappa shape index (κ3) is 1.94. The highest BCUT2D eigenvalue weighted by atomic mass is 14.7. The Bertz CT molecular complexity index is 263. The first-order valence-corrected chi connectivity index (χ1v) is 4.98. The summed E-state index contributed by atoms with van der Waals surface area (Å²) in [6.45, 7) is 6.30.